The average molecular weight is 499 g/mol. The van der Waals surface area contributed by atoms with Gasteiger partial charge in [-0.05, 0) is 38.7 Å². The standard InChI is InChI=1S/C24H24F2N6O2S/c1-15-20-22(31-18-7-6-16(13-27)10-19(18)34-17(11-25)12-26)29-14-30-24(20)35-21(15)23(33)28-8-4-5-9-32(2)3/h6-7,10,14,17H,8-9,11-12H2,1-3H3,(H,28,33)(H,29,30,31). The molecule has 2 N–H and O–H groups in total. The molecule has 0 aliphatic carbocycles. The Bertz CT molecular complexity index is 1310. The first-order valence-corrected chi connectivity index (χ1v) is 11.4. The van der Waals surface area contributed by atoms with Crippen molar-refractivity contribution in [3.63, 3.8) is 0 Å². The summed E-state index contributed by atoms with van der Waals surface area (Å²) >= 11 is 1.22. The van der Waals surface area contributed by atoms with Crippen LogP contribution in [0.3, 0.4) is 0 Å². The van der Waals surface area contributed by atoms with Crippen molar-refractivity contribution in [1.82, 2.24) is 20.2 Å². The van der Waals surface area contributed by atoms with Crippen molar-refractivity contribution in [2.45, 2.75) is 13.0 Å². The Balaban J connectivity index is 1.90. The molecule has 0 saturated heterocycles. The minimum Gasteiger partial charge on any atom is -0.483 e. The molecule has 0 fully saturated rings. The number of rotatable bonds is 9. The number of amides is 1. The summed E-state index contributed by atoms with van der Waals surface area (Å²) in [6, 6.07) is 6.49. The van der Waals surface area contributed by atoms with Crippen LogP contribution in [0.15, 0.2) is 24.5 Å². The predicted molar refractivity (Wildman–Crippen MR) is 132 cm³/mol. The zero-order valence-electron chi connectivity index (χ0n) is 19.5. The molecule has 1 aromatic carbocycles. The molecule has 0 atom stereocenters. The number of hydrogen-bond donors (Lipinski definition) is 2. The number of alkyl halides is 2. The van der Waals surface area contributed by atoms with Gasteiger partial charge in [0.15, 0.2) is 6.10 Å². The third-order valence-electron chi connectivity index (χ3n) is 4.79. The summed E-state index contributed by atoms with van der Waals surface area (Å²) in [7, 11) is 3.82. The summed E-state index contributed by atoms with van der Waals surface area (Å²) in [6.07, 6.45) is 0.0550. The van der Waals surface area contributed by atoms with Gasteiger partial charge in [-0.3, -0.25) is 9.69 Å². The molecule has 35 heavy (non-hydrogen) atoms. The van der Waals surface area contributed by atoms with Crippen molar-refractivity contribution in [2.24, 2.45) is 0 Å². The maximum absolute atomic E-state index is 13.1. The molecule has 2 heterocycles. The van der Waals surface area contributed by atoms with Crippen LogP contribution in [0, 0.1) is 30.1 Å². The topological polar surface area (TPSA) is 103 Å². The van der Waals surface area contributed by atoms with Gasteiger partial charge in [-0.15, -0.1) is 11.3 Å². The number of aryl methyl sites for hydroxylation is 1. The second-order valence-corrected chi connectivity index (χ2v) is 8.73. The van der Waals surface area contributed by atoms with E-state index in [2.05, 4.69) is 32.4 Å². The Morgan fingerprint density at radius 3 is 2.71 bits per heavy atom. The largest absolute Gasteiger partial charge is 0.483 e. The maximum atomic E-state index is 13.1. The van der Waals surface area contributed by atoms with E-state index in [1.54, 1.807) is 19.1 Å². The SMILES string of the molecule is Cc1c(C(=O)NCC#CCN(C)C)sc2ncnc(Nc3ccc(C#N)cc3OC(CF)CF)c12. The lowest BCUT2D eigenvalue weighted by molar-refractivity contribution is 0.0962. The lowest BCUT2D eigenvalue weighted by Gasteiger charge is -2.17. The number of hydrogen-bond acceptors (Lipinski definition) is 8. The van der Waals surface area contributed by atoms with Gasteiger partial charge in [-0.2, -0.15) is 5.26 Å². The number of nitrogens with zero attached hydrogens (tertiary/aromatic N) is 4. The number of fused-ring (bicyclic) bond motifs is 1. The first kappa shape index (κ1) is 25.8. The van der Waals surface area contributed by atoms with Crippen LogP contribution in [0.5, 0.6) is 5.75 Å². The molecule has 11 heteroatoms. The summed E-state index contributed by atoms with van der Waals surface area (Å²) in [5, 5.41) is 15.7. The second kappa shape index (κ2) is 12.1. The highest BCUT2D eigenvalue weighted by atomic mass is 32.1. The summed E-state index contributed by atoms with van der Waals surface area (Å²) in [4.78, 5) is 24.3. The van der Waals surface area contributed by atoms with E-state index in [4.69, 9.17) is 4.74 Å². The monoisotopic (exact) mass is 498 g/mol. The van der Waals surface area contributed by atoms with Gasteiger partial charge in [-0.25, -0.2) is 18.7 Å². The normalized spacial score (nSPS) is 10.7. The first-order chi connectivity index (χ1) is 16.9. The van der Waals surface area contributed by atoms with E-state index >= 15 is 0 Å². The predicted octanol–water partition coefficient (Wildman–Crippen LogP) is 3.60. The number of nitrogens with one attached hydrogen (secondary N) is 2. The van der Waals surface area contributed by atoms with Crippen LogP contribution >= 0.6 is 11.3 Å². The second-order valence-electron chi connectivity index (χ2n) is 7.73. The summed E-state index contributed by atoms with van der Waals surface area (Å²) in [5.41, 5.74) is 1.31. The first-order valence-electron chi connectivity index (χ1n) is 10.6. The molecule has 0 aliphatic heterocycles. The van der Waals surface area contributed by atoms with Crippen molar-refractivity contribution in [2.75, 3.05) is 45.9 Å². The van der Waals surface area contributed by atoms with Gasteiger partial charge in [0.1, 0.15) is 36.1 Å². The molecular formula is C24H24F2N6O2S. The number of ether oxygens (including phenoxy) is 1. The summed E-state index contributed by atoms with van der Waals surface area (Å²) in [5.74, 6) is 6.09. The van der Waals surface area contributed by atoms with Crippen molar-refractivity contribution in [1.29, 1.82) is 5.26 Å². The smallest absolute Gasteiger partial charge is 0.262 e. The molecule has 3 aromatic rings. The zero-order valence-corrected chi connectivity index (χ0v) is 20.3. The number of nitriles is 1. The van der Waals surface area contributed by atoms with Gasteiger partial charge in [-0.1, -0.05) is 11.8 Å². The van der Waals surface area contributed by atoms with E-state index in [9.17, 15) is 18.8 Å². The van der Waals surface area contributed by atoms with Crippen LogP contribution in [0.1, 0.15) is 20.8 Å². The van der Waals surface area contributed by atoms with Gasteiger partial charge in [0, 0.05) is 6.07 Å². The van der Waals surface area contributed by atoms with Gasteiger partial charge in [0.25, 0.3) is 5.91 Å². The minimum atomic E-state index is -1.30. The van der Waals surface area contributed by atoms with E-state index < -0.39 is 19.5 Å². The summed E-state index contributed by atoms with van der Waals surface area (Å²) < 4.78 is 31.6. The molecule has 0 saturated carbocycles. The number of aromatic nitrogens is 2. The number of thiophene rings is 1. The summed E-state index contributed by atoms with van der Waals surface area (Å²) in [6.45, 7) is 0.560. The molecule has 0 radical (unpaired) electrons. The van der Waals surface area contributed by atoms with Crippen LogP contribution in [0.25, 0.3) is 10.2 Å². The van der Waals surface area contributed by atoms with Crippen molar-refractivity contribution in [3.05, 3.63) is 40.5 Å². The van der Waals surface area contributed by atoms with E-state index in [1.165, 1.54) is 23.7 Å². The Kier molecular flexibility index (Phi) is 8.90. The lowest BCUT2D eigenvalue weighted by Crippen LogP contribution is -2.23. The van der Waals surface area contributed by atoms with Gasteiger partial charge < -0.3 is 15.4 Å². The molecule has 8 nitrogen and oxygen atoms in total. The zero-order chi connectivity index (χ0) is 25.4. The maximum Gasteiger partial charge on any atom is 0.262 e. The molecule has 0 bridgehead atoms. The number of halogens is 2. The van der Waals surface area contributed by atoms with E-state index in [1.807, 2.05) is 25.1 Å². The van der Waals surface area contributed by atoms with Gasteiger partial charge in [0.05, 0.1) is 40.7 Å². The fourth-order valence-electron chi connectivity index (χ4n) is 3.07. The van der Waals surface area contributed by atoms with Crippen LogP contribution in [-0.4, -0.2) is 67.4 Å². The number of benzene rings is 1. The Hall–Kier alpha value is -3.80. The van der Waals surface area contributed by atoms with Crippen molar-refractivity contribution < 1.29 is 18.3 Å². The lowest BCUT2D eigenvalue weighted by atomic mass is 10.1. The van der Waals surface area contributed by atoms with Crippen LogP contribution in [-0.2, 0) is 0 Å². The van der Waals surface area contributed by atoms with Crippen molar-refractivity contribution >= 4 is 39.0 Å². The molecular weight excluding hydrogens is 474 g/mol. The van der Waals surface area contributed by atoms with Gasteiger partial charge in [0.2, 0.25) is 0 Å². The van der Waals surface area contributed by atoms with E-state index in [0.717, 1.165) is 0 Å². The molecule has 182 valence electrons. The highest BCUT2D eigenvalue weighted by Crippen LogP contribution is 2.36. The Labute approximate surface area is 205 Å². The molecule has 1 amide bonds. The van der Waals surface area contributed by atoms with Crippen LogP contribution < -0.4 is 15.4 Å². The number of anilines is 2. The fourth-order valence-corrected chi connectivity index (χ4v) is 4.13. The quantitative estimate of drug-likeness (QED) is 0.435. The average Bonchev–Trinajstić information content (AvgIpc) is 3.20. The Morgan fingerprint density at radius 2 is 2.03 bits per heavy atom. The van der Waals surface area contributed by atoms with Crippen LogP contribution in [0.2, 0.25) is 0 Å². The highest BCUT2D eigenvalue weighted by molar-refractivity contribution is 7.20. The fraction of sp³-hybridized carbons (Fsp3) is 0.333. The number of carbonyl (C=O) groups excluding carboxylic acids is 1. The third kappa shape index (κ3) is 6.41. The molecule has 0 spiro atoms. The molecule has 0 aliphatic rings. The van der Waals surface area contributed by atoms with Gasteiger partial charge >= 0.3 is 0 Å². The molecule has 3 rings (SSSR count). The third-order valence-corrected chi connectivity index (χ3v) is 5.99. The molecule has 2 aromatic heterocycles. The highest BCUT2D eigenvalue weighted by Gasteiger charge is 2.20. The van der Waals surface area contributed by atoms with Crippen molar-refractivity contribution in [3.8, 4) is 23.7 Å². The Morgan fingerprint density at radius 1 is 1.26 bits per heavy atom. The molecule has 0 unspecified atom stereocenters. The van der Waals surface area contributed by atoms with E-state index in [0.29, 0.717) is 38.7 Å². The van der Waals surface area contributed by atoms with Crippen LogP contribution in [0.4, 0.5) is 20.3 Å². The van der Waals surface area contributed by atoms with E-state index in [-0.39, 0.29) is 23.8 Å². The number of carbonyl (C=O) groups is 1. The minimum absolute atomic E-state index is 0.109.